The van der Waals surface area contributed by atoms with Crippen molar-refractivity contribution >= 4 is 26.9 Å². The molecule has 1 unspecified atom stereocenters. The predicted octanol–water partition coefficient (Wildman–Crippen LogP) is 4.38. The van der Waals surface area contributed by atoms with Gasteiger partial charge in [-0.15, -0.1) is 0 Å². The van der Waals surface area contributed by atoms with Crippen molar-refractivity contribution in [2.45, 2.75) is 6.04 Å². The number of halogens is 2. The third-order valence-electron chi connectivity index (χ3n) is 3.06. The molecule has 19 heavy (non-hydrogen) atoms. The number of furan rings is 1. The second-order valence-corrected chi connectivity index (χ2v) is 5.16. The lowest BCUT2D eigenvalue weighted by molar-refractivity contribution is 0.509. The van der Waals surface area contributed by atoms with Gasteiger partial charge in [0.1, 0.15) is 17.2 Å². The largest absolute Gasteiger partial charge is 0.458 e. The number of fused-ring (bicyclic) bond motifs is 1. The van der Waals surface area contributed by atoms with Crippen LogP contribution < -0.4 is 5.73 Å². The number of hydrogen-bond donors (Lipinski definition) is 1. The Kier molecular flexibility index (Phi) is 3.12. The second-order valence-electron chi connectivity index (χ2n) is 4.31. The SMILES string of the molecule is NC(c1cc2cccc(Br)c2o1)c1ccccc1F. The highest BCUT2D eigenvalue weighted by Gasteiger charge is 2.18. The van der Waals surface area contributed by atoms with Crippen LogP contribution in [0.5, 0.6) is 0 Å². The molecule has 0 amide bonds. The number of rotatable bonds is 2. The summed E-state index contributed by atoms with van der Waals surface area (Å²) in [5, 5.41) is 0.941. The zero-order valence-corrected chi connectivity index (χ0v) is 11.5. The van der Waals surface area contributed by atoms with Crippen molar-refractivity contribution in [3.05, 3.63) is 70.1 Å². The van der Waals surface area contributed by atoms with Crippen LogP contribution in [-0.4, -0.2) is 0 Å². The molecule has 96 valence electrons. The van der Waals surface area contributed by atoms with Crippen molar-refractivity contribution in [3.63, 3.8) is 0 Å². The quantitative estimate of drug-likeness (QED) is 0.761. The van der Waals surface area contributed by atoms with Gasteiger partial charge in [0.15, 0.2) is 0 Å². The maximum atomic E-state index is 13.7. The van der Waals surface area contributed by atoms with Gasteiger partial charge in [-0.1, -0.05) is 30.3 Å². The van der Waals surface area contributed by atoms with Gasteiger partial charge < -0.3 is 10.2 Å². The van der Waals surface area contributed by atoms with Crippen molar-refractivity contribution in [3.8, 4) is 0 Å². The first kappa shape index (κ1) is 12.4. The zero-order chi connectivity index (χ0) is 13.4. The molecule has 0 saturated carbocycles. The summed E-state index contributed by atoms with van der Waals surface area (Å²) in [6, 6.07) is 13.4. The van der Waals surface area contributed by atoms with Gasteiger partial charge in [-0.05, 0) is 34.1 Å². The Morgan fingerprint density at radius 2 is 1.89 bits per heavy atom. The fourth-order valence-corrected chi connectivity index (χ4v) is 2.54. The van der Waals surface area contributed by atoms with Crippen LogP contribution in [0.3, 0.4) is 0 Å². The molecule has 1 aromatic heterocycles. The zero-order valence-electron chi connectivity index (χ0n) is 9.94. The lowest BCUT2D eigenvalue weighted by atomic mass is 10.0. The highest BCUT2D eigenvalue weighted by molar-refractivity contribution is 9.10. The van der Waals surface area contributed by atoms with E-state index in [-0.39, 0.29) is 5.82 Å². The summed E-state index contributed by atoms with van der Waals surface area (Å²) >= 11 is 3.42. The molecule has 4 heteroatoms. The van der Waals surface area contributed by atoms with Gasteiger partial charge in [0.25, 0.3) is 0 Å². The average Bonchev–Trinajstić information content (AvgIpc) is 2.84. The van der Waals surface area contributed by atoms with Gasteiger partial charge in [-0.3, -0.25) is 0 Å². The topological polar surface area (TPSA) is 39.2 Å². The first-order valence-electron chi connectivity index (χ1n) is 5.85. The molecule has 0 bridgehead atoms. The standard InChI is InChI=1S/C15H11BrFNO/c16-11-6-3-4-9-8-13(19-15(9)11)14(18)10-5-1-2-7-12(10)17/h1-8,14H,18H2. The first-order chi connectivity index (χ1) is 9.16. The minimum absolute atomic E-state index is 0.325. The Bertz CT molecular complexity index is 738. The van der Waals surface area contributed by atoms with Crippen molar-refractivity contribution in [1.82, 2.24) is 0 Å². The van der Waals surface area contributed by atoms with Gasteiger partial charge in [-0.2, -0.15) is 0 Å². The molecule has 2 aromatic carbocycles. The third-order valence-corrected chi connectivity index (χ3v) is 3.69. The van der Waals surface area contributed by atoms with Gasteiger partial charge >= 0.3 is 0 Å². The molecular weight excluding hydrogens is 309 g/mol. The van der Waals surface area contributed by atoms with Crippen LogP contribution in [-0.2, 0) is 0 Å². The summed E-state index contributed by atoms with van der Waals surface area (Å²) in [4.78, 5) is 0. The van der Waals surface area contributed by atoms with Crippen LogP contribution >= 0.6 is 15.9 Å². The summed E-state index contributed by atoms with van der Waals surface area (Å²) in [6.45, 7) is 0. The predicted molar refractivity (Wildman–Crippen MR) is 76.3 cm³/mol. The Morgan fingerprint density at radius 3 is 2.63 bits per heavy atom. The molecule has 0 radical (unpaired) electrons. The Balaban J connectivity index is 2.10. The van der Waals surface area contributed by atoms with Crippen molar-refractivity contribution in [2.24, 2.45) is 5.73 Å². The molecule has 0 fully saturated rings. The lowest BCUT2D eigenvalue weighted by Crippen LogP contribution is -2.12. The number of nitrogens with two attached hydrogens (primary N) is 1. The minimum atomic E-state index is -0.611. The molecule has 3 rings (SSSR count). The number of para-hydroxylation sites is 1. The Labute approximate surface area is 118 Å². The normalized spacial score (nSPS) is 12.8. The molecule has 3 aromatic rings. The van der Waals surface area contributed by atoms with Gasteiger partial charge in [0, 0.05) is 10.9 Å². The van der Waals surface area contributed by atoms with Crippen LogP contribution in [0.25, 0.3) is 11.0 Å². The maximum Gasteiger partial charge on any atom is 0.148 e. The molecule has 2 nitrogen and oxygen atoms in total. The van der Waals surface area contributed by atoms with E-state index < -0.39 is 6.04 Å². The first-order valence-corrected chi connectivity index (χ1v) is 6.64. The molecule has 1 atom stereocenters. The van der Waals surface area contributed by atoms with Gasteiger partial charge in [0.05, 0.1) is 10.5 Å². The molecule has 0 aliphatic rings. The third kappa shape index (κ3) is 2.17. The van der Waals surface area contributed by atoms with E-state index in [9.17, 15) is 4.39 Å². The van der Waals surface area contributed by atoms with Crippen LogP contribution in [0.15, 0.2) is 57.4 Å². The van der Waals surface area contributed by atoms with E-state index in [1.165, 1.54) is 6.07 Å². The second kappa shape index (κ2) is 4.79. The summed E-state index contributed by atoms with van der Waals surface area (Å²) in [5.74, 6) is 0.224. The molecule has 0 saturated heterocycles. The van der Waals surface area contributed by atoms with Crippen LogP contribution in [0, 0.1) is 5.82 Å². The Hall–Kier alpha value is -1.65. The smallest absolute Gasteiger partial charge is 0.148 e. The van der Waals surface area contributed by atoms with Crippen LogP contribution in [0.4, 0.5) is 4.39 Å². The summed E-state index contributed by atoms with van der Waals surface area (Å²) in [7, 11) is 0. The van der Waals surface area contributed by atoms with Gasteiger partial charge in [0.2, 0.25) is 0 Å². The van der Waals surface area contributed by atoms with E-state index in [0.717, 1.165) is 15.4 Å². The Morgan fingerprint density at radius 1 is 1.11 bits per heavy atom. The van der Waals surface area contributed by atoms with Crippen molar-refractivity contribution in [1.29, 1.82) is 0 Å². The fourth-order valence-electron chi connectivity index (χ4n) is 2.08. The van der Waals surface area contributed by atoms with Crippen molar-refractivity contribution < 1.29 is 8.81 Å². The van der Waals surface area contributed by atoms with Crippen LogP contribution in [0.1, 0.15) is 17.4 Å². The fraction of sp³-hybridized carbons (Fsp3) is 0.0667. The van der Waals surface area contributed by atoms with Crippen LogP contribution in [0.2, 0.25) is 0 Å². The number of benzene rings is 2. The molecule has 2 N–H and O–H groups in total. The molecule has 1 heterocycles. The van der Waals surface area contributed by atoms with Crippen molar-refractivity contribution in [2.75, 3.05) is 0 Å². The molecular formula is C15H11BrFNO. The number of hydrogen-bond acceptors (Lipinski definition) is 2. The molecule has 0 aliphatic carbocycles. The lowest BCUT2D eigenvalue weighted by Gasteiger charge is -2.09. The summed E-state index contributed by atoms with van der Waals surface area (Å²) < 4.78 is 20.3. The monoisotopic (exact) mass is 319 g/mol. The molecule has 0 aliphatic heterocycles. The minimum Gasteiger partial charge on any atom is -0.458 e. The summed E-state index contributed by atoms with van der Waals surface area (Å²) in [6.07, 6.45) is 0. The maximum absolute atomic E-state index is 13.7. The van der Waals surface area contributed by atoms with E-state index in [1.807, 2.05) is 24.3 Å². The molecule has 0 spiro atoms. The highest BCUT2D eigenvalue weighted by Crippen LogP contribution is 2.31. The average molecular weight is 320 g/mol. The van der Waals surface area contributed by atoms with E-state index in [0.29, 0.717) is 11.3 Å². The van der Waals surface area contributed by atoms with Gasteiger partial charge in [-0.25, -0.2) is 4.39 Å². The van der Waals surface area contributed by atoms with E-state index in [1.54, 1.807) is 18.2 Å². The van der Waals surface area contributed by atoms with E-state index in [4.69, 9.17) is 10.2 Å². The highest BCUT2D eigenvalue weighted by atomic mass is 79.9. The van der Waals surface area contributed by atoms with E-state index in [2.05, 4.69) is 15.9 Å². The van der Waals surface area contributed by atoms with E-state index >= 15 is 0 Å². The summed E-state index contributed by atoms with van der Waals surface area (Å²) in [5.41, 5.74) is 7.24.